The van der Waals surface area contributed by atoms with Crippen LogP contribution in [0.5, 0.6) is 5.88 Å². The largest absolute Gasteiger partial charge is 0.479 e. The van der Waals surface area contributed by atoms with Crippen LogP contribution >= 0.6 is 0 Å². The molecule has 0 radical (unpaired) electrons. The number of methoxy groups -OCH3 is 1. The van der Waals surface area contributed by atoms with E-state index in [2.05, 4.69) is 39.4 Å². The van der Waals surface area contributed by atoms with Crippen molar-refractivity contribution >= 4 is 16.9 Å². The maximum Gasteiger partial charge on any atom is 0.242 e. The number of hydrogen-bond donors (Lipinski definition) is 0. The number of amides is 1. The average molecular weight is 501 g/mol. The zero-order valence-electron chi connectivity index (χ0n) is 22.0. The topological polar surface area (TPSA) is 102 Å². The Balaban J connectivity index is 1.38. The molecule has 0 saturated heterocycles. The van der Waals surface area contributed by atoms with Gasteiger partial charge in [-0.2, -0.15) is 0 Å². The molecule has 5 heterocycles. The molecule has 0 N–H and O–H groups in total. The van der Waals surface area contributed by atoms with Crippen LogP contribution in [0, 0.1) is 0 Å². The first-order valence-electron chi connectivity index (χ1n) is 12.5. The summed E-state index contributed by atoms with van der Waals surface area (Å²) in [6.45, 7) is 5.93. The third-order valence-corrected chi connectivity index (χ3v) is 6.50. The Kier molecular flexibility index (Phi) is 6.84. The van der Waals surface area contributed by atoms with Crippen molar-refractivity contribution in [1.82, 2.24) is 39.3 Å². The van der Waals surface area contributed by atoms with Gasteiger partial charge in [-0.1, -0.05) is 6.07 Å². The number of nitrogens with zero attached hydrogens (tertiary/aromatic N) is 8. The number of aromatic nitrogens is 6. The zero-order valence-corrected chi connectivity index (χ0v) is 22.0. The number of pyridine rings is 2. The summed E-state index contributed by atoms with van der Waals surface area (Å²) < 4.78 is 7.63. The van der Waals surface area contributed by atoms with Gasteiger partial charge in [0.15, 0.2) is 5.52 Å². The van der Waals surface area contributed by atoms with Crippen molar-refractivity contribution in [3.63, 3.8) is 0 Å². The molecule has 1 aliphatic rings. The van der Waals surface area contributed by atoms with E-state index < -0.39 is 0 Å². The van der Waals surface area contributed by atoms with E-state index in [-0.39, 0.29) is 11.9 Å². The highest BCUT2D eigenvalue weighted by atomic mass is 16.5. The van der Waals surface area contributed by atoms with Crippen LogP contribution in [0.4, 0.5) is 0 Å². The lowest BCUT2D eigenvalue weighted by atomic mass is 10.0. The van der Waals surface area contributed by atoms with Crippen LogP contribution < -0.4 is 4.74 Å². The minimum atomic E-state index is 0.143. The van der Waals surface area contributed by atoms with Gasteiger partial charge in [0.2, 0.25) is 11.8 Å². The van der Waals surface area contributed by atoms with Crippen LogP contribution in [0.3, 0.4) is 0 Å². The van der Waals surface area contributed by atoms with E-state index in [1.807, 2.05) is 48.4 Å². The lowest BCUT2D eigenvalue weighted by Crippen LogP contribution is -2.41. The molecule has 0 bridgehead atoms. The smallest absolute Gasteiger partial charge is 0.242 e. The van der Waals surface area contributed by atoms with Gasteiger partial charge in [-0.25, -0.2) is 19.9 Å². The van der Waals surface area contributed by atoms with Gasteiger partial charge in [0.05, 0.1) is 43.3 Å². The van der Waals surface area contributed by atoms with Crippen molar-refractivity contribution in [3.8, 4) is 17.3 Å². The predicted octanol–water partition coefficient (Wildman–Crippen LogP) is 2.91. The van der Waals surface area contributed by atoms with Crippen LogP contribution in [-0.4, -0.2) is 79.5 Å². The molecular weight excluding hydrogens is 468 g/mol. The second-order valence-corrected chi connectivity index (χ2v) is 9.88. The number of likely N-dealkylation sites (N-methyl/N-ethyl adjacent to an activating group) is 1. The minimum absolute atomic E-state index is 0.143. The summed E-state index contributed by atoms with van der Waals surface area (Å²) in [5.74, 6) is 1.29. The van der Waals surface area contributed by atoms with E-state index in [9.17, 15) is 4.79 Å². The predicted molar refractivity (Wildman–Crippen MR) is 140 cm³/mol. The van der Waals surface area contributed by atoms with Crippen LogP contribution in [0.25, 0.3) is 22.4 Å². The first kappa shape index (κ1) is 24.8. The molecule has 0 unspecified atom stereocenters. The second kappa shape index (κ2) is 10.2. The highest BCUT2D eigenvalue weighted by molar-refractivity contribution is 5.84. The van der Waals surface area contributed by atoms with Gasteiger partial charge >= 0.3 is 0 Å². The zero-order chi connectivity index (χ0) is 26.1. The number of rotatable bonds is 7. The molecule has 0 spiro atoms. The molecular formula is C27H32N8O2. The normalized spacial score (nSPS) is 13.4. The molecule has 1 aliphatic heterocycles. The monoisotopic (exact) mass is 500 g/mol. The number of ether oxygens (including phenoxy) is 1. The summed E-state index contributed by atoms with van der Waals surface area (Å²) in [7, 11) is 5.42. The molecule has 0 aromatic carbocycles. The lowest BCUT2D eigenvalue weighted by molar-refractivity contribution is -0.132. The quantitative estimate of drug-likeness (QED) is 0.382. The van der Waals surface area contributed by atoms with Crippen molar-refractivity contribution in [3.05, 3.63) is 59.6 Å². The minimum Gasteiger partial charge on any atom is -0.479 e. The van der Waals surface area contributed by atoms with Gasteiger partial charge in [0.25, 0.3) is 0 Å². The van der Waals surface area contributed by atoms with E-state index in [1.165, 1.54) is 0 Å². The molecule has 5 rings (SSSR count). The summed E-state index contributed by atoms with van der Waals surface area (Å²) in [6, 6.07) is 8.18. The molecule has 4 aromatic heterocycles. The summed E-state index contributed by atoms with van der Waals surface area (Å²) in [6.07, 6.45) is 4.82. The van der Waals surface area contributed by atoms with E-state index in [0.717, 1.165) is 40.1 Å². The van der Waals surface area contributed by atoms with Crippen molar-refractivity contribution < 1.29 is 9.53 Å². The molecule has 0 aliphatic carbocycles. The Morgan fingerprint density at radius 3 is 2.70 bits per heavy atom. The molecule has 0 saturated carbocycles. The molecule has 0 atom stereocenters. The number of carbonyl (C=O) groups excluding carboxylic acids is 1. The maximum atomic E-state index is 12.5. The van der Waals surface area contributed by atoms with Gasteiger partial charge in [0, 0.05) is 43.1 Å². The van der Waals surface area contributed by atoms with Crippen LogP contribution in [0.1, 0.15) is 42.7 Å². The molecule has 37 heavy (non-hydrogen) atoms. The fraction of sp³-hybridized carbons (Fsp3) is 0.407. The molecule has 10 heteroatoms. The number of imidazole rings is 1. The highest BCUT2D eigenvalue weighted by Crippen LogP contribution is 2.29. The summed E-state index contributed by atoms with van der Waals surface area (Å²) in [5.41, 5.74) is 6.15. The van der Waals surface area contributed by atoms with Crippen LogP contribution in [-0.2, 0) is 24.2 Å². The van der Waals surface area contributed by atoms with E-state index in [1.54, 1.807) is 13.3 Å². The molecule has 10 nitrogen and oxygen atoms in total. The van der Waals surface area contributed by atoms with Crippen molar-refractivity contribution in [2.45, 2.75) is 39.3 Å². The third-order valence-electron chi connectivity index (χ3n) is 6.50. The van der Waals surface area contributed by atoms with Crippen LogP contribution in [0.15, 0.2) is 36.8 Å². The van der Waals surface area contributed by atoms with Gasteiger partial charge in [-0.3, -0.25) is 9.78 Å². The van der Waals surface area contributed by atoms with Crippen molar-refractivity contribution in [1.29, 1.82) is 0 Å². The Morgan fingerprint density at radius 2 is 1.95 bits per heavy atom. The Morgan fingerprint density at radius 1 is 1.11 bits per heavy atom. The summed E-state index contributed by atoms with van der Waals surface area (Å²) in [4.78, 5) is 39.6. The van der Waals surface area contributed by atoms with Gasteiger partial charge in [-0.15, -0.1) is 0 Å². The van der Waals surface area contributed by atoms with E-state index >= 15 is 0 Å². The highest BCUT2D eigenvalue weighted by Gasteiger charge is 2.22. The van der Waals surface area contributed by atoms with E-state index in [0.29, 0.717) is 43.5 Å². The number of carbonyl (C=O) groups is 1. The standard InChI is InChI=1S/C27H32N8O2/c1-17(2)35-16-29-26-23(35)13-22(32-27(26)37-5)21-8-10-28-24(31-21)12-19-7-6-18-14-34(11-9-20(18)30-19)25(36)15-33(3)4/h6-8,10,13,16-17H,9,11-12,14-15H2,1-5H3. The van der Waals surface area contributed by atoms with Crippen molar-refractivity contribution in [2.75, 3.05) is 34.3 Å². The average Bonchev–Trinajstić information content (AvgIpc) is 3.32. The molecule has 4 aromatic rings. The Bertz CT molecular complexity index is 1450. The second-order valence-electron chi connectivity index (χ2n) is 9.88. The van der Waals surface area contributed by atoms with Gasteiger partial charge in [-0.05, 0) is 51.7 Å². The summed E-state index contributed by atoms with van der Waals surface area (Å²) >= 11 is 0. The first-order valence-corrected chi connectivity index (χ1v) is 12.5. The molecule has 0 fully saturated rings. The Hall–Kier alpha value is -3.92. The van der Waals surface area contributed by atoms with Crippen molar-refractivity contribution in [2.24, 2.45) is 0 Å². The first-order chi connectivity index (χ1) is 17.8. The number of fused-ring (bicyclic) bond motifs is 2. The SMILES string of the molecule is COc1nc(-c2ccnc(Cc3ccc4c(n3)CCN(C(=O)CN(C)C)C4)n2)cc2c1ncn2C(C)C. The summed E-state index contributed by atoms with van der Waals surface area (Å²) in [5, 5.41) is 0. The fourth-order valence-electron chi connectivity index (χ4n) is 4.62. The van der Waals surface area contributed by atoms with E-state index in [4.69, 9.17) is 14.7 Å². The molecule has 1 amide bonds. The third kappa shape index (κ3) is 5.15. The Labute approximate surface area is 216 Å². The fourth-order valence-corrected chi connectivity index (χ4v) is 4.62. The van der Waals surface area contributed by atoms with Crippen LogP contribution in [0.2, 0.25) is 0 Å². The van der Waals surface area contributed by atoms with Gasteiger partial charge < -0.3 is 19.1 Å². The van der Waals surface area contributed by atoms with Gasteiger partial charge in [0.1, 0.15) is 5.82 Å². The maximum absolute atomic E-state index is 12.5. The molecule has 192 valence electrons. The lowest BCUT2D eigenvalue weighted by Gasteiger charge is -2.29. The number of hydrogen-bond acceptors (Lipinski definition) is 8.